The van der Waals surface area contributed by atoms with Crippen LogP contribution in [0.3, 0.4) is 0 Å². The zero-order chi connectivity index (χ0) is 18.1. The number of halogens is 1. The molecule has 5 rings (SSSR count). The number of esters is 1. The Bertz CT molecular complexity index is 690. The van der Waals surface area contributed by atoms with E-state index in [4.69, 9.17) is 4.74 Å². The second-order valence-electron chi connectivity index (χ2n) is 8.24. The van der Waals surface area contributed by atoms with Crippen molar-refractivity contribution in [1.29, 1.82) is 0 Å². The van der Waals surface area contributed by atoms with E-state index in [0.29, 0.717) is 0 Å². The quantitative estimate of drug-likeness (QED) is 0.579. The molecule has 0 heterocycles. The Hall–Kier alpha value is -1.62. The topological polar surface area (TPSA) is 55.4 Å². The Labute approximate surface area is 162 Å². The minimum absolute atomic E-state index is 0.0362. The van der Waals surface area contributed by atoms with Gasteiger partial charge in [-0.25, -0.2) is 4.79 Å². The first-order valence-corrected chi connectivity index (χ1v) is 10.2. The van der Waals surface area contributed by atoms with Crippen LogP contribution in [0.25, 0.3) is 6.08 Å². The second kappa shape index (κ2) is 7.18. The number of hydrogen-bond donors (Lipinski definition) is 1. The molecule has 4 aliphatic rings. The molecule has 26 heavy (non-hydrogen) atoms. The molecular formula is C21H24BrNO3. The Morgan fingerprint density at radius 1 is 1.08 bits per heavy atom. The summed E-state index contributed by atoms with van der Waals surface area (Å²) in [6, 6.07) is 7.61. The van der Waals surface area contributed by atoms with Crippen LogP contribution in [0.15, 0.2) is 34.8 Å². The molecule has 1 amide bonds. The predicted molar refractivity (Wildman–Crippen MR) is 103 cm³/mol. The van der Waals surface area contributed by atoms with Gasteiger partial charge in [-0.3, -0.25) is 4.79 Å². The third kappa shape index (κ3) is 4.03. The molecule has 1 aromatic rings. The van der Waals surface area contributed by atoms with Gasteiger partial charge in [0.05, 0.1) is 0 Å². The van der Waals surface area contributed by atoms with E-state index in [-0.39, 0.29) is 18.1 Å². The van der Waals surface area contributed by atoms with E-state index in [0.717, 1.165) is 47.1 Å². The summed E-state index contributed by atoms with van der Waals surface area (Å²) in [5, 5.41) is 3.21. The van der Waals surface area contributed by atoms with E-state index in [9.17, 15) is 9.59 Å². The van der Waals surface area contributed by atoms with E-state index in [1.807, 2.05) is 24.3 Å². The van der Waals surface area contributed by atoms with Crippen LogP contribution in [0.5, 0.6) is 0 Å². The summed E-state index contributed by atoms with van der Waals surface area (Å²) in [4.78, 5) is 24.2. The molecule has 4 nitrogen and oxygen atoms in total. The average Bonchev–Trinajstić information content (AvgIpc) is 2.58. The SMILES string of the molecule is O=C(COC(=O)/C=C/c1ccc(Br)cc1)NC12CC3CC(CC(C3)C1)C2. The van der Waals surface area contributed by atoms with Crippen LogP contribution in [0.1, 0.15) is 44.1 Å². The monoisotopic (exact) mass is 417 g/mol. The van der Waals surface area contributed by atoms with Gasteiger partial charge in [0.1, 0.15) is 0 Å². The first kappa shape index (κ1) is 17.8. The third-order valence-electron chi connectivity index (χ3n) is 6.07. The van der Waals surface area contributed by atoms with Crippen LogP contribution in [-0.4, -0.2) is 24.0 Å². The van der Waals surface area contributed by atoms with Crippen molar-refractivity contribution in [2.24, 2.45) is 17.8 Å². The largest absolute Gasteiger partial charge is 0.452 e. The van der Waals surface area contributed by atoms with Gasteiger partial charge in [0, 0.05) is 16.1 Å². The van der Waals surface area contributed by atoms with Gasteiger partial charge in [0.15, 0.2) is 6.61 Å². The van der Waals surface area contributed by atoms with Gasteiger partial charge in [0.2, 0.25) is 0 Å². The maximum Gasteiger partial charge on any atom is 0.331 e. The molecule has 0 unspecified atom stereocenters. The van der Waals surface area contributed by atoms with Gasteiger partial charge in [-0.1, -0.05) is 28.1 Å². The summed E-state index contributed by atoms with van der Waals surface area (Å²) in [5.74, 6) is 1.67. The van der Waals surface area contributed by atoms with Crippen LogP contribution >= 0.6 is 15.9 Å². The van der Waals surface area contributed by atoms with Crippen LogP contribution in [-0.2, 0) is 14.3 Å². The van der Waals surface area contributed by atoms with Crippen molar-refractivity contribution >= 4 is 33.9 Å². The van der Waals surface area contributed by atoms with Gasteiger partial charge >= 0.3 is 5.97 Å². The van der Waals surface area contributed by atoms with Gasteiger partial charge in [-0.15, -0.1) is 0 Å². The molecule has 4 bridgehead atoms. The zero-order valence-electron chi connectivity index (χ0n) is 14.7. The molecule has 0 aromatic heterocycles. The van der Waals surface area contributed by atoms with Crippen molar-refractivity contribution in [2.75, 3.05) is 6.61 Å². The van der Waals surface area contributed by atoms with E-state index in [1.165, 1.54) is 25.3 Å². The molecule has 4 fully saturated rings. The summed E-state index contributed by atoms with van der Waals surface area (Å²) >= 11 is 3.37. The molecule has 0 aliphatic heterocycles. The number of amides is 1. The zero-order valence-corrected chi connectivity index (χ0v) is 16.3. The van der Waals surface area contributed by atoms with Crippen molar-refractivity contribution in [3.63, 3.8) is 0 Å². The van der Waals surface area contributed by atoms with Gasteiger partial charge < -0.3 is 10.1 Å². The van der Waals surface area contributed by atoms with Crippen LogP contribution in [0.2, 0.25) is 0 Å². The molecule has 4 aliphatic carbocycles. The summed E-state index contributed by atoms with van der Waals surface area (Å²) in [6.45, 7) is -0.203. The Morgan fingerprint density at radius 3 is 2.23 bits per heavy atom. The third-order valence-corrected chi connectivity index (χ3v) is 6.60. The maximum atomic E-state index is 12.3. The van der Waals surface area contributed by atoms with Crippen LogP contribution in [0, 0.1) is 17.8 Å². The standard InChI is InChI=1S/C21H24BrNO3/c22-18-4-1-14(2-5-18)3-6-20(25)26-13-19(24)23-21-10-15-7-16(11-21)9-17(8-15)12-21/h1-6,15-17H,7-13H2,(H,23,24)/b6-3+. The van der Waals surface area contributed by atoms with E-state index < -0.39 is 5.97 Å². The first-order valence-electron chi connectivity index (χ1n) is 9.41. The molecule has 4 saturated carbocycles. The van der Waals surface area contributed by atoms with Crippen LogP contribution in [0.4, 0.5) is 0 Å². The van der Waals surface area contributed by atoms with E-state index in [2.05, 4.69) is 21.2 Å². The lowest BCUT2D eigenvalue weighted by Crippen LogP contribution is -2.60. The smallest absolute Gasteiger partial charge is 0.331 e. The molecule has 1 N–H and O–H groups in total. The van der Waals surface area contributed by atoms with Crippen molar-refractivity contribution in [1.82, 2.24) is 5.32 Å². The lowest BCUT2D eigenvalue weighted by atomic mass is 9.53. The molecule has 0 radical (unpaired) electrons. The van der Waals surface area contributed by atoms with E-state index >= 15 is 0 Å². The number of carbonyl (C=O) groups is 2. The molecule has 0 spiro atoms. The summed E-state index contributed by atoms with van der Waals surface area (Å²) in [6.07, 6.45) is 10.4. The summed E-state index contributed by atoms with van der Waals surface area (Å²) < 4.78 is 6.10. The average molecular weight is 418 g/mol. The summed E-state index contributed by atoms with van der Waals surface area (Å²) in [5.41, 5.74) is 0.870. The predicted octanol–water partition coefficient (Wildman–Crippen LogP) is 4.09. The van der Waals surface area contributed by atoms with Gasteiger partial charge in [-0.2, -0.15) is 0 Å². The van der Waals surface area contributed by atoms with Gasteiger partial charge in [-0.05, 0) is 80.1 Å². The highest BCUT2D eigenvalue weighted by molar-refractivity contribution is 9.10. The number of carbonyl (C=O) groups excluding carboxylic acids is 2. The highest BCUT2D eigenvalue weighted by Crippen LogP contribution is 2.55. The summed E-state index contributed by atoms with van der Waals surface area (Å²) in [7, 11) is 0. The molecule has 138 valence electrons. The fourth-order valence-electron chi connectivity index (χ4n) is 5.52. The fourth-order valence-corrected chi connectivity index (χ4v) is 5.78. The molecule has 1 aromatic carbocycles. The Balaban J connectivity index is 1.26. The Morgan fingerprint density at radius 2 is 1.65 bits per heavy atom. The van der Waals surface area contributed by atoms with Crippen molar-refractivity contribution in [3.05, 3.63) is 40.4 Å². The number of nitrogens with one attached hydrogen (secondary N) is 1. The number of ether oxygens (including phenoxy) is 1. The number of hydrogen-bond acceptors (Lipinski definition) is 3. The van der Waals surface area contributed by atoms with Crippen molar-refractivity contribution in [3.8, 4) is 0 Å². The molecule has 0 atom stereocenters. The molecule has 5 heteroatoms. The maximum absolute atomic E-state index is 12.3. The highest BCUT2D eigenvalue weighted by atomic mass is 79.9. The minimum Gasteiger partial charge on any atom is -0.452 e. The van der Waals surface area contributed by atoms with Crippen molar-refractivity contribution < 1.29 is 14.3 Å². The molecular weight excluding hydrogens is 394 g/mol. The first-order chi connectivity index (χ1) is 12.5. The number of rotatable bonds is 5. The normalized spacial score (nSPS) is 32.0. The number of benzene rings is 1. The Kier molecular flexibility index (Phi) is 4.91. The van der Waals surface area contributed by atoms with Gasteiger partial charge in [0.25, 0.3) is 5.91 Å². The lowest BCUT2D eigenvalue weighted by molar-refractivity contribution is -0.145. The fraction of sp³-hybridized carbons (Fsp3) is 0.524. The van der Waals surface area contributed by atoms with Crippen molar-refractivity contribution in [2.45, 2.75) is 44.1 Å². The lowest BCUT2D eigenvalue weighted by Gasteiger charge is -2.56. The van der Waals surface area contributed by atoms with E-state index in [1.54, 1.807) is 6.08 Å². The molecule has 0 saturated heterocycles. The second-order valence-corrected chi connectivity index (χ2v) is 9.15. The highest BCUT2D eigenvalue weighted by Gasteiger charge is 2.51. The van der Waals surface area contributed by atoms with Crippen LogP contribution < -0.4 is 5.32 Å². The minimum atomic E-state index is -0.492.